The van der Waals surface area contributed by atoms with Crippen LogP contribution in [0.25, 0.3) is 0 Å². The number of aryl methyl sites for hydroxylation is 1. The van der Waals surface area contributed by atoms with E-state index >= 15 is 0 Å². The van der Waals surface area contributed by atoms with Crippen molar-refractivity contribution < 1.29 is 19.1 Å². The first-order valence-electron chi connectivity index (χ1n) is 13.1. The number of carbonyl (C=O) groups excluding carboxylic acids is 3. The van der Waals surface area contributed by atoms with Crippen molar-refractivity contribution in [3.05, 3.63) is 101 Å². The van der Waals surface area contributed by atoms with Gasteiger partial charge in [-0.05, 0) is 75.6 Å². The Balaban J connectivity index is 1.59. The maximum Gasteiger partial charge on any atom is 0.412 e. The van der Waals surface area contributed by atoms with Crippen LogP contribution >= 0.6 is 0 Å². The summed E-state index contributed by atoms with van der Waals surface area (Å²) in [5, 5.41) is 5.84. The molecule has 0 aromatic heterocycles. The van der Waals surface area contributed by atoms with E-state index in [2.05, 4.69) is 10.6 Å². The Morgan fingerprint density at radius 1 is 0.897 bits per heavy atom. The number of carbonyl (C=O) groups is 3. The van der Waals surface area contributed by atoms with Crippen LogP contribution in [0.2, 0.25) is 0 Å². The van der Waals surface area contributed by atoms with E-state index in [9.17, 15) is 14.4 Å². The van der Waals surface area contributed by atoms with Crippen molar-refractivity contribution in [1.29, 1.82) is 0 Å². The van der Waals surface area contributed by atoms with Gasteiger partial charge < -0.3 is 21.1 Å². The Kier molecular flexibility index (Phi) is 11.2. The molecule has 3 aromatic carbocycles. The van der Waals surface area contributed by atoms with Gasteiger partial charge in [0, 0.05) is 12.1 Å². The van der Waals surface area contributed by atoms with Crippen LogP contribution in [0.3, 0.4) is 0 Å². The smallest absolute Gasteiger partial charge is 0.410 e. The highest BCUT2D eigenvalue weighted by Crippen LogP contribution is 2.20. The van der Waals surface area contributed by atoms with Gasteiger partial charge in [0.1, 0.15) is 5.75 Å². The molecule has 8 nitrogen and oxygen atoms in total. The summed E-state index contributed by atoms with van der Waals surface area (Å²) in [4.78, 5) is 39.0. The SMILES string of the molecule is C[C@@H](NCCCc1ccccc1C(=O)[C@@H](Cc1ccc(OC(=O)NCc2ccccc2)cc1)N(C)C)C(N)=O. The average Bonchev–Trinajstić information content (AvgIpc) is 2.94. The van der Waals surface area contributed by atoms with Gasteiger partial charge in [-0.1, -0.05) is 66.7 Å². The van der Waals surface area contributed by atoms with Crippen LogP contribution in [0.5, 0.6) is 5.75 Å². The predicted octanol–water partition coefficient (Wildman–Crippen LogP) is 3.73. The Morgan fingerprint density at radius 3 is 2.23 bits per heavy atom. The number of benzene rings is 3. The molecule has 206 valence electrons. The molecule has 3 rings (SSSR count). The lowest BCUT2D eigenvalue weighted by Gasteiger charge is -2.24. The number of nitrogens with one attached hydrogen (secondary N) is 2. The Hall–Kier alpha value is -4.01. The fraction of sp³-hybridized carbons (Fsp3) is 0.323. The maximum absolute atomic E-state index is 13.6. The van der Waals surface area contributed by atoms with E-state index < -0.39 is 6.09 Å². The zero-order valence-corrected chi connectivity index (χ0v) is 22.9. The highest BCUT2D eigenvalue weighted by molar-refractivity contribution is 6.01. The molecule has 2 amide bonds. The quantitative estimate of drug-likeness (QED) is 0.216. The Morgan fingerprint density at radius 2 is 1.56 bits per heavy atom. The molecular weight excluding hydrogens is 492 g/mol. The van der Waals surface area contributed by atoms with E-state index in [1.807, 2.05) is 85.7 Å². The number of rotatable bonds is 14. The average molecular weight is 531 g/mol. The van der Waals surface area contributed by atoms with Gasteiger partial charge in [0.05, 0.1) is 12.1 Å². The van der Waals surface area contributed by atoms with E-state index in [0.29, 0.717) is 37.2 Å². The van der Waals surface area contributed by atoms with Crippen molar-refractivity contribution in [1.82, 2.24) is 15.5 Å². The van der Waals surface area contributed by atoms with Gasteiger partial charge in [0.25, 0.3) is 0 Å². The summed E-state index contributed by atoms with van der Waals surface area (Å²) in [7, 11) is 3.80. The van der Waals surface area contributed by atoms with E-state index in [1.165, 1.54) is 0 Å². The second-order valence-corrected chi connectivity index (χ2v) is 9.76. The highest BCUT2D eigenvalue weighted by atomic mass is 16.6. The topological polar surface area (TPSA) is 114 Å². The van der Waals surface area contributed by atoms with Crippen LogP contribution in [-0.2, 0) is 24.2 Å². The molecule has 0 saturated carbocycles. The molecule has 0 aliphatic heterocycles. The molecule has 0 bridgehead atoms. The first kappa shape index (κ1) is 29.5. The summed E-state index contributed by atoms with van der Waals surface area (Å²) < 4.78 is 5.39. The molecule has 4 N–H and O–H groups in total. The monoisotopic (exact) mass is 530 g/mol. The summed E-state index contributed by atoms with van der Waals surface area (Å²) in [5.74, 6) is 0.0988. The molecule has 8 heteroatoms. The van der Waals surface area contributed by atoms with Gasteiger partial charge in [0.2, 0.25) is 5.91 Å². The lowest BCUT2D eigenvalue weighted by Crippen LogP contribution is -2.39. The highest BCUT2D eigenvalue weighted by Gasteiger charge is 2.24. The van der Waals surface area contributed by atoms with Crippen molar-refractivity contribution in [2.24, 2.45) is 5.73 Å². The van der Waals surface area contributed by atoms with E-state index in [0.717, 1.165) is 23.1 Å². The molecule has 2 atom stereocenters. The molecule has 0 unspecified atom stereocenters. The maximum atomic E-state index is 13.6. The number of Topliss-reactive ketones (excluding diaryl/α,β-unsaturated/α-hetero) is 1. The molecule has 0 fully saturated rings. The Labute approximate surface area is 230 Å². The largest absolute Gasteiger partial charge is 0.412 e. The standard InChI is InChI=1S/C31H38N4O4/c1-22(30(32)37)33-19-9-13-25-12-7-8-14-27(25)29(36)28(35(2)3)20-23-15-17-26(18-16-23)39-31(38)34-21-24-10-5-4-6-11-24/h4-8,10-12,14-18,22,28,33H,9,13,19-21H2,1-3H3,(H2,32,37)(H,34,38)/t22-,28-/m1/s1. The number of hydrogen-bond donors (Lipinski definition) is 3. The fourth-order valence-corrected chi connectivity index (χ4v) is 4.20. The minimum absolute atomic E-state index is 0.0506. The van der Waals surface area contributed by atoms with Gasteiger partial charge >= 0.3 is 6.09 Å². The summed E-state index contributed by atoms with van der Waals surface area (Å²) in [6, 6.07) is 23.8. The van der Waals surface area contributed by atoms with Gasteiger partial charge in [-0.15, -0.1) is 0 Å². The van der Waals surface area contributed by atoms with Crippen molar-refractivity contribution in [3.8, 4) is 5.75 Å². The summed E-state index contributed by atoms with van der Waals surface area (Å²) >= 11 is 0. The fourth-order valence-electron chi connectivity index (χ4n) is 4.20. The first-order valence-corrected chi connectivity index (χ1v) is 13.1. The van der Waals surface area contributed by atoms with Gasteiger partial charge in [0.15, 0.2) is 5.78 Å². The molecule has 0 aliphatic carbocycles. The second-order valence-electron chi connectivity index (χ2n) is 9.76. The van der Waals surface area contributed by atoms with E-state index in [-0.39, 0.29) is 23.8 Å². The summed E-state index contributed by atoms with van der Waals surface area (Å²) in [6.07, 6.45) is 1.47. The normalized spacial score (nSPS) is 12.5. The lowest BCUT2D eigenvalue weighted by molar-refractivity contribution is -0.119. The van der Waals surface area contributed by atoms with Crippen LogP contribution in [0.15, 0.2) is 78.9 Å². The van der Waals surface area contributed by atoms with Crippen LogP contribution in [0.4, 0.5) is 4.79 Å². The number of amides is 2. The third-order valence-electron chi connectivity index (χ3n) is 6.55. The number of primary amides is 1. The van der Waals surface area contributed by atoms with Gasteiger partial charge in [-0.2, -0.15) is 0 Å². The van der Waals surface area contributed by atoms with Crippen molar-refractivity contribution in [2.45, 2.75) is 44.8 Å². The number of nitrogens with two attached hydrogens (primary N) is 1. The van der Waals surface area contributed by atoms with Gasteiger partial charge in [-0.3, -0.25) is 14.5 Å². The number of likely N-dealkylation sites (N-methyl/N-ethyl adjacent to an activating group) is 1. The molecule has 0 heterocycles. The number of nitrogens with zero attached hydrogens (tertiary/aromatic N) is 1. The van der Waals surface area contributed by atoms with Gasteiger partial charge in [-0.25, -0.2) is 4.79 Å². The second kappa shape index (κ2) is 14.8. The molecule has 0 aliphatic rings. The summed E-state index contributed by atoms with van der Waals surface area (Å²) in [6.45, 7) is 2.75. The minimum Gasteiger partial charge on any atom is -0.410 e. The van der Waals surface area contributed by atoms with Crippen LogP contribution in [-0.4, -0.2) is 55.4 Å². The lowest BCUT2D eigenvalue weighted by atomic mass is 9.92. The van der Waals surface area contributed by atoms with E-state index in [4.69, 9.17) is 10.5 Å². The third-order valence-corrected chi connectivity index (χ3v) is 6.55. The predicted molar refractivity (Wildman–Crippen MR) is 153 cm³/mol. The Bertz CT molecular complexity index is 1230. The summed E-state index contributed by atoms with van der Waals surface area (Å²) in [5.41, 5.74) is 8.93. The van der Waals surface area contributed by atoms with Crippen LogP contribution in [0.1, 0.15) is 40.4 Å². The number of ketones is 1. The van der Waals surface area contributed by atoms with Crippen molar-refractivity contribution in [2.75, 3.05) is 20.6 Å². The molecule has 0 spiro atoms. The number of hydrogen-bond acceptors (Lipinski definition) is 6. The van der Waals surface area contributed by atoms with Crippen molar-refractivity contribution in [3.63, 3.8) is 0 Å². The molecule has 0 radical (unpaired) electrons. The number of ether oxygens (including phenoxy) is 1. The third kappa shape index (κ3) is 9.35. The molecule has 0 saturated heterocycles. The zero-order chi connectivity index (χ0) is 28.2. The van der Waals surface area contributed by atoms with E-state index in [1.54, 1.807) is 19.1 Å². The minimum atomic E-state index is -0.524. The van der Waals surface area contributed by atoms with Crippen molar-refractivity contribution >= 4 is 17.8 Å². The van der Waals surface area contributed by atoms with Crippen LogP contribution in [0, 0.1) is 0 Å². The zero-order valence-electron chi connectivity index (χ0n) is 22.9. The van der Waals surface area contributed by atoms with Crippen LogP contribution < -0.4 is 21.1 Å². The first-order chi connectivity index (χ1) is 18.7. The molecule has 3 aromatic rings. The molecular formula is C31H38N4O4. The molecule has 39 heavy (non-hydrogen) atoms.